The van der Waals surface area contributed by atoms with E-state index in [1.54, 1.807) is 11.3 Å². The van der Waals surface area contributed by atoms with Gasteiger partial charge in [-0.3, -0.25) is 4.79 Å². The van der Waals surface area contributed by atoms with E-state index in [2.05, 4.69) is 34.7 Å². The summed E-state index contributed by atoms with van der Waals surface area (Å²) >= 11 is 5.12. The van der Waals surface area contributed by atoms with Gasteiger partial charge in [0.15, 0.2) is 0 Å². The van der Waals surface area contributed by atoms with Crippen LogP contribution >= 0.6 is 27.3 Å². The zero-order valence-corrected chi connectivity index (χ0v) is 14.1. The summed E-state index contributed by atoms with van der Waals surface area (Å²) in [6.45, 7) is 4.45. The van der Waals surface area contributed by atoms with E-state index in [0.717, 1.165) is 20.2 Å². The van der Waals surface area contributed by atoms with Crippen molar-refractivity contribution in [1.82, 2.24) is 0 Å². The summed E-state index contributed by atoms with van der Waals surface area (Å²) in [7, 11) is 0. The van der Waals surface area contributed by atoms with Crippen molar-refractivity contribution in [3.63, 3.8) is 0 Å². The third-order valence-corrected chi connectivity index (χ3v) is 5.63. The molecule has 0 aliphatic carbocycles. The number of benzene rings is 1. The van der Waals surface area contributed by atoms with Crippen LogP contribution in [0, 0.1) is 0 Å². The molecule has 0 N–H and O–H groups in total. The van der Waals surface area contributed by atoms with E-state index in [1.807, 2.05) is 23.6 Å². The van der Waals surface area contributed by atoms with Gasteiger partial charge in [0.2, 0.25) is 5.43 Å². The van der Waals surface area contributed by atoms with Crippen LogP contribution in [-0.2, 0) is 0 Å². The SMILES string of the molecule is C[C@@H]1CCC[C@H](C)N1c1csc2ccc(Br)cc2c1=O. The maximum atomic E-state index is 12.8. The second-order valence-electron chi connectivity index (χ2n) is 5.63. The Morgan fingerprint density at radius 3 is 2.65 bits per heavy atom. The van der Waals surface area contributed by atoms with Crippen LogP contribution in [0.3, 0.4) is 0 Å². The Bertz CT molecular complexity index is 686. The van der Waals surface area contributed by atoms with Crippen LogP contribution in [-0.4, -0.2) is 12.1 Å². The standard InChI is InChI=1S/C16H18BrNOS/c1-10-4-3-5-11(2)18(10)14-9-20-15-7-6-12(17)8-13(15)16(14)19/h6-11H,3-5H2,1-2H3/t10-,11+. The highest BCUT2D eigenvalue weighted by Crippen LogP contribution is 2.30. The molecule has 1 aliphatic heterocycles. The van der Waals surface area contributed by atoms with Gasteiger partial charge in [-0.1, -0.05) is 15.9 Å². The fraction of sp³-hybridized carbons (Fsp3) is 0.438. The first-order valence-electron chi connectivity index (χ1n) is 7.07. The summed E-state index contributed by atoms with van der Waals surface area (Å²) in [5, 5.41) is 2.86. The summed E-state index contributed by atoms with van der Waals surface area (Å²) in [6.07, 6.45) is 3.60. The van der Waals surface area contributed by atoms with E-state index in [4.69, 9.17) is 0 Å². The largest absolute Gasteiger partial charge is 0.362 e. The van der Waals surface area contributed by atoms with E-state index < -0.39 is 0 Å². The number of piperidine rings is 1. The molecule has 2 nitrogen and oxygen atoms in total. The van der Waals surface area contributed by atoms with Crippen LogP contribution in [0.2, 0.25) is 0 Å². The van der Waals surface area contributed by atoms with Gasteiger partial charge in [-0.05, 0) is 51.3 Å². The summed E-state index contributed by atoms with van der Waals surface area (Å²) in [4.78, 5) is 15.1. The van der Waals surface area contributed by atoms with Crippen LogP contribution in [0.5, 0.6) is 0 Å². The van der Waals surface area contributed by atoms with Crippen molar-refractivity contribution < 1.29 is 0 Å². The lowest BCUT2D eigenvalue weighted by molar-refractivity contribution is 0.414. The molecule has 20 heavy (non-hydrogen) atoms. The first-order chi connectivity index (χ1) is 9.58. The molecule has 3 rings (SSSR count). The molecule has 1 saturated heterocycles. The molecule has 106 valence electrons. The normalized spacial score (nSPS) is 23.2. The number of rotatable bonds is 1. The number of hydrogen-bond acceptors (Lipinski definition) is 3. The molecule has 0 unspecified atom stereocenters. The van der Waals surface area contributed by atoms with Gasteiger partial charge in [0.25, 0.3) is 0 Å². The summed E-state index contributed by atoms with van der Waals surface area (Å²) in [5.74, 6) is 0. The highest BCUT2D eigenvalue weighted by molar-refractivity contribution is 9.10. The minimum Gasteiger partial charge on any atom is -0.362 e. The van der Waals surface area contributed by atoms with Crippen molar-refractivity contribution in [2.24, 2.45) is 0 Å². The Morgan fingerprint density at radius 1 is 1.25 bits per heavy atom. The zero-order valence-electron chi connectivity index (χ0n) is 11.7. The molecular formula is C16H18BrNOS. The molecule has 0 amide bonds. The van der Waals surface area contributed by atoms with Crippen molar-refractivity contribution in [2.45, 2.75) is 45.2 Å². The third-order valence-electron chi connectivity index (χ3n) is 4.19. The summed E-state index contributed by atoms with van der Waals surface area (Å²) in [6, 6.07) is 6.84. The second-order valence-corrected chi connectivity index (χ2v) is 7.45. The number of fused-ring (bicyclic) bond motifs is 1. The summed E-state index contributed by atoms with van der Waals surface area (Å²) < 4.78 is 2.02. The van der Waals surface area contributed by atoms with Crippen molar-refractivity contribution in [2.75, 3.05) is 4.90 Å². The molecule has 0 saturated carbocycles. The van der Waals surface area contributed by atoms with E-state index in [1.165, 1.54) is 19.3 Å². The quantitative estimate of drug-likeness (QED) is 0.735. The number of nitrogens with zero attached hydrogens (tertiary/aromatic N) is 1. The highest BCUT2D eigenvalue weighted by atomic mass is 79.9. The predicted octanol–water partition coefficient (Wildman–Crippen LogP) is 4.79. The summed E-state index contributed by atoms with van der Waals surface area (Å²) in [5.41, 5.74) is 1.04. The molecule has 1 fully saturated rings. The predicted molar refractivity (Wildman–Crippen MR) is 91.0 cm³/mol. The lowest BCUT2D eigenvalue weighted by Gasteiger charge is -2.40. The van der Waals surface area contributed by atoms with Crippen molar-refractivity contribution in [3.05, 3.63) is 38.3 Å². The lowest BCUT2D eigenvalue weighted by atomic mass is 9.97. The topological polar surface area (TPSA) is 20.3 Å². The van der Waals surface area contributed by atoms with Crippen molar-refractivity contribution >= 4 is 43.0 Å². The van der Waals surface area contributed by atoms with Crippen molar-refractivity contribution in [1.29, 1.82) is 0 Å². The smallest absolute Gasteiger partial charge is 0.211 e. The monoisotopic (exact) mass is 351 g/mol. The fourth-order valence-corrected chi connectivity index (χ4v) is 4.42. The molecule has 2 heterocycles. The van der Waals surface area contributed by atoms with Crippen LogP contribution in [0.15, 0.2) is 32.8 Å². The molecule has 4 heteroatoms. The van der Waals surface area contributed by atoms with E-state index in [0.29, 0.717) is 12.1 Å². The molecule has 1 aliphatic rings. The van der Waals surface area contributed by atoms with Gasteiger partial charge in [-0.25, -0.2) is 0 Å². The van der Waals surface area contributed by atoms with E-state index in [9.17, 15) is 4.79 Å². The van der Waals surface area contributed by atoms with Crippen LogP contribution in [0.1, 0.15) is 33.1 Å². The molecule has 1 aromatic heterocycles. The minimum atomic E-state index is 0.167. The molecule has 0 radical (unpaired) electrons. The first kappa shape index (κ1) is 14.1. The molecule has 0 spiro atoms. The molecular weight excluding hydrogens is 334 g/mol. The molecule has 2 aromatic rings. The number of hydrogen-bond donors (Lipinski definition) is 0. The zero-order chi connectivity index (χ0) is 14.3. The van der Waals surface area contributed by atoms with Gasteiger partial charge in [0, 0.05) is 32.0 Å². The van der Waals surface area contributed by atoms with E-state index in [-0.39, 0.29) is 5.43 Å². The molecule has 0 bridgehead atoms. The van der Waals surface area contributed by atoms with E-state index >= 15 is 0 Å². The maximum Gasteiger partial charge on any atom is 0.211 e. The maximum absolute atomic E-state index is 12.8. The van der Waals surface area contributed by atoms with Gasteiger partial charge >= 0.3 is 0 Å². The minimum absolute atomic E-state index is 0.167. The van der Waals surface area contributed by atoms with Crippen molar-refractivity contribution in [3.8, 4) is 0 Å². The van der Waals surface area contributed by atoms with Crippen LogP contribution in [0.25, 0.3) is 10.1 Å². The van der Waals surface area contributed by atoms with Gasteiger partial charge in [0.05, 0.1) is 5.69 Å². The molecule has 1 aromatic carbocycles. The average Bonchev–Trinajstić information content (AvgIpc) is 2.41. The van der Waals surface area contributed by atoms with Gasteiger partial charge < -0.3 is 4.90 Å². The second kappa shape index (κ2) is 5.49. The Kier molecular flexibility index (Phi) is 3.87. The lowest BCUT2D eigenvalue weighted by Crippen LogP contribution is -2.45. The first-order valence-corrected chi connectivity index (χ1v) is 8.74. The Hall–Kier alpha value is -0.870. The van der Waals surface area contributed by atoms with Gasteiger partial charge in [0.1, 0.15) is 0 Å². The highest BCUT2D eigenvalue weighted by Gasteiger charge is 2.27. The number of halogens is 1. The van der Waals surface area contributed by atoms with Crippen LogP contribution < -0.4 is 10.3 Å². The third kappa shape index (κ3) is 2.40. The van der Waals surface area contributed by atoms with Gasteiger partial charge in [-0.2, -0.15) is 0 Å². The fourth-order valence-electron chi connectivity index (χ4n) is 3.17. The number of anilines is 1. The Labute approximate surface area is 131 Å². The van der Waals surface area contributed by atoms with Gasteiger partial charge in [-0.15, -0.1) is 11.3 Å². The Morgan fingerprint density at radius 2 is 1.95 bits per heavy atom. The average molecular weight is 352 g/mol. The van der Waals surface area contributed by atoms with Crippen LogP contribution in [0.4, 0.5) is 5.69 Å². The Balaban J connectivity index is 2.16. The molecule has 2 atom stereocenters.